The van der Waals surface area contributed by atoms with Gasteiger partial charge in [0, 0.05) is 6.04 Å². The predicted octanol–water partition coefficient (Wildman–Crippen LogP) is 2.12. The zero-order valence-electron chi connectivity index (χ0n) is 11.6. The van der Waals surface area contributed by atoms with E-state index >= 15 is 0 Å². The maximum absolute atomic E-state index is 12.6. The largest absolute Gasteiger partial charge is 0.321 e. The molecule has 0 bridgehead atoms. The van der Waals surface area contributed by atoms with Crippen molar-refractivity contribution in [2.75, 3.05) is 0 Å². The molecular formula is C14H24N2O. The molecule has 0 aromatic heterocycles. The van der Waals surface area contributed by atoms with Gasteiger partial charge in [0.2, 0.25) is 5.91 Å². The van der Waals surface area contributed by atoms with Crippen LogP contribution in [0.5, 0.6) is 0 Å². The van der Waals surface area contributed by atoms with E-state index in [1.807, 2.05) is 0 Å². The summed E-state index contributed by atoms with van der Waals surface area (Å²) in [6.45, 7) is 11.3. The zero-order valence-corrected chi connectivity index (χ0v) is 11.6. The summed E-state index contributed by atoms with van der Waals surface area (Å²) in [4.78, 5) is 14.8. The Balaban J connectivity index is 1.91. The van der Waals surface area contributed by atoms with E-state index < -0.39 is 0 Å². The molecular weight excluding hydrogens is 212 g/mol. The number of rotatable bonds is 2. The molecule has 1 saturated heterocycles. The molecule has 1 N–H and O–H groups in total. The standard InChI is InChI=1S/C14H24N2O/c1-6-9-15-14(7-8-14)11(17)16(9)10-12(2,3)13(10,4)5/h9-10,15H,6-8H2,1-5H3. The molecule has 0 aromatic rings. The number of carbonyl (C=O) groups is 1. The second kappa shape index (κ2) is 2.87. The number of hydrogen-bond acceptors (Lipinski definition) is 2. The van der Waals surface area contributed by atoms with Crippen LogP contribution in [0.25, 0.3) is 0 Å². The number of carbonyl (C=O) groups excluding carboxylic acids is 1. The third kappa shape index (κ3) is 1.19. The Labute approximate surface area is 104 Å². The van der Waals surface area contributed by atoms with Gasteiger partial charge in [-0.15, -0.1) is 0 Å². The van der Waals surface area contributed by atoms with E-state index in [2.05, 4.69) is 44.8 Å². The molecule has 2 aliphatic carbocycles. The highest BCUT2D eigenvalue weighted by Gasteiger charge is 2.72. The lowest BCUT2D eigenvalue weighted by molar-refractivity contribution is -0.132. The molecule has 1 spiro atoms. The smallest absolute Gasteiger partial charge is 0.244 e. The number of amides is 1. The van der Waals surface area contributed by atoms with Crippen LogP contribution < -0.4 is 5.32 Å². The number of hydrogen-bond donors (Lipinski definition) is 1. The Bertz CT molecular complexity index is 368. The minimum atomic E-state index is -0.157. The maximum atomic E-state index is 12.6. The summed E-state index contributed by atoms with van der Waals surface area (Å²) in [7, 11) is 0. The van der Waals surface area contributed by atoms with E-state index in [1.54, 1.807) is 0 Å². The fourth-order valence-corrected chi connectivity index (χ4v) is 3.77. The second-order valence-corrected chi connectivity index (χ2v) is 7.21. The summed E-state index contributed by atoms with van der Waals surface area (Å²) in [5.74, 6) is 0.369. The Hall–Kier alpha value is -0.570. The van der Waals surface area contributed by atoms with Crippen LogP contribution in [0.2, 0.25) is 0 Å². The van der Waals surface area contributed by atoms with Gasteiger partial charge in [-0.1, -0.05) is 34.6 Å². The molecule has 3 aliphatic rings. The third-order valence-electron chi connectivity index (χ3n) is 5.78. The van der Waals surface area contributed by atoms with Gasteiger partial charge in [0.15, 0.2) is 0 Å². The van der Waals surface area contributed by atoms with Crippen LogP contribution >= 0.6 is 0 Å². The molecule has 96 valence electrons. The molecule has 2 saturated carbocycles. The lowest BCUT2D eigenvalue weighted by atomic mass is 10.0. The van der Waals surface area contributed by atoms with Gasteiger partial charge in [-0.25, -0.2) is 0 Å². The van der Waals surface area contributed by atoms with E-state index in [0.29, 0.717) is 11.9 Å². The van der Waals surface area contributed by atoms with E-state index in [4.69, 9.17) is 0 Å². The maximum Gasteiger partial charge on any atom is 0.244 e. The van der Waals surface area contributed by atoms with E-state index in [-0.39, 0.29) is 22.5 Å². The molecule has 3 rings (SSSR count). The van der Waals surface area contributed by atoms with Gasteiger partial charge in [0.25, 0.3) is 0 Å². The van der Waals surface area contributed by atoms with Crippen molar-refractivity contribution >= 4 is 5.91 Å². The van der Waals surface area contributed by atoms with Crippen LogP contribution in [0.3, 0.4) is 0 Å². The zero-order chi connectivity index (χ0) is 12.6. The van der Waals surface area contributed by atoms with Crippen molar-refractivity contribution in [1.82, 2.24) is 10.2 Å². The average Bonchev–Trinajstić information content (AvgIpc) is 3.05. The van der Waals surface area contributed by atoms with Gasteiger partial charge in [-0.2, -0.15) is 0 Å². The molecule has 0 aromatic carbocycles. The molecule has 3 fully saturated rings. The van der Waals surface area contributed by atoms with E-state index in [0.717, 1.165) is 19.3 Å². The first-order valence-electron chi connectivity index (χ1n) is 6.88. The van der Waals surface area contributed by atoms with Crippen molar-refractivity contribution in [2.45, 2.75) is 71.6 Å². The van der Waals surface area contributed by atoms with Crippen LogP contribution in [0.15, 0.2) is 0 Å². The quantitative estimate of drug-likeness (QED) is 0.796. The van der Waals surface area contributed by atoms with Gasteiger partial charge in [0.05, 0.1) is 11.7 Å². The molecule has 1 heterocycles. The van der Waals surface area contributed by atoms with Gasteiger partial charge in [0.1, 0.15) is 0 Å². The summed E-state index contributed by atoms with van der Waals surface area (Å²) < 4.78 is 0. The van der Waals surface area contributed by atoms with Crippen molar-refractivity contribution in [2.24, 2.45) is 10.8 Å². The topological polar surface area (TPSA) is 32.3 Å². The molecule has 17 heavy (non-hydrogen) atoms. The first-order valence-corrected chi connectivity index (χ1v) is 6.88. The molecule has 3 heteroatoms. The number of nitrogens with one attached hydrogen (secondary N) is 1. The van der Waals surface area contributed by atoms with Crippen molar-refractivity contribution in [1.29, 1.82) is 0 Å². The monoisotopic (exact) mass is 236 g/mol. The van der Waals surface area contributed by atoms with Crippen LogP contribution in [0.4, 0.5) is 0 Å². The van der Waals surface area contributed by atoms with E-state index in [1.165, 1.54) is 0 Å². The first-order chi connectivity index (χ1) is 7.78. The SMILES string of the molecule is CCC1NC2(CC2)C(=O)N1C1C(C)(C)C1(C)C. The normalized spacial score (nSPS) is 36.6. The summed E-state index contributed by atoms with van der Waals surface area (Å²) in [6.07, 6.45) is 3.34. The number of nitrogens with zero attached hydrogens (tertiary/aromatic N) is 1. The van der Waals surface area contributed by atoms with Gasteiger partial charge in [-0.05, 0) is 30.1 Å². The predicted molar refractivity (Wildman–Crippen MR) is 67.4 cm³/mol. The summed E-state index contributed by atoms with van der Waals surface area (Å²) in [5.41, 5.74) is 0.339. The Morgan fingerprint density at radius 1 is 1.24 bits per heavy atom. The summed E-state index contributed by atoms with van der Waals surface area (Å²) in [6, 6.07) is 0.403. The molecule has 0 radical (unpaired) electrons. The lowest BCUT2D eigenvalue weighted by Gasteiger charge is -2.25. The minimum absolute atomic E-state index is 0.157. The van der Waals surface area contributed by atoms with Gasteiger partial charge in [-0.3, -0.25) is 10.1 Å². The Morgan fingerprint density at radius 2 is 1.76 bits per heavy atom. The van der Waals surface area contributed by atoms with Crippen LogP contribution in [0, 0.1) is 10.8 Å². The van der Waals surface area contributed by atoms with Crippen LogP contribution in [0.1, 0.15) is 53.9 Å². The molecule has 1 unspecified atom stereocenters. The fraction of sp³-hybridized carbons (Fsp3) is 0.929. The van der Waals surface area contributed by atoms with Crippen LogP contribution in [-0.2, 0) is 4.79 Å². The highest BCUT2D eigenvalue weighted by molar-refractivity contribution is 5.92. The first kappa shape index (κ1) is 11.5. The molecule has 1 amide bonds. The van der Waals surface area contributed by atoms with Crippen molar-refractivity contribution in [3.63, 3.8) is 0 Å². The van der Waals surface area contributed by atoms with Gasteiger partial charge < -0.3 is 4.90 Å². The molecule has 3 nitrogen and oxygen atoms in total. The Morgan fingerprint density at radius 3 is 2.12 bits per heavy atom. The third-order valence-corrected chi connectivity index (χ3v) is 5.78. The second-order valence-electron chi connectivity index (χ2n) is 7.21. The minimum Gasteiger partial charge on any atom is -0.321 e. The van der Waals surface area contributed by atoms with Gasteiger partial charge >= 0.3 is 0 Å². The highest BCUT2D eigenvalue weighted by Crippen LogP contribution is 2.67. The van der Waals surface area contributed by atoms with E-state index in [9.17, 15) is 4.79 Å². The molecule has 1 aliphatic heterocycles. The highest BCUT2D eigenvalue weighted by atomic mass is 16.2. The van der Waals surface area contributed by atoms with Crippen LogP contribution in [-0.4, -0.2) is 28.6 Å². The summed E-state index contributed by atoms with van der Waals surface area (Å²) in [5, 5.41) is 3.56. The van der Waals surface area contributed by atoms with Crippen molar-refractivity contribution in [3.8, 4) is 0 Å². The Kier molecular flexibility index (Phi) is 1.95. The average molecular weight is 236 g/mol. The summed E-state index contributed by atoms with van der Waals surface area (Å²) >= 11 is 0. The lowest BCUT2D eigenvalue weighted by Crippen LogP contribution is -2.41. The van der Waals surface area contributed by atoms with Crippen molar-refractivity contribution < 1.29 is 4.79 Å². The van der Waals surface area contributed by atoms with Crippen molar-refractivity contribution in [3.05, 3.63) is 0 Å². The molecule has 1 atom stereocenters. The fourth-order valence-electron chi connectivity index (χ4n) is 3.77.